The summed E-state index contributed by atoms with van der Waals surface area (Å²) in [5, 5.41) is 0.877. The van der Waals surface area contributed by atoms with E-state index in [1.54, 1.807) is 12.4 Å². The molecule has 0 saturated carbocycles. The van der Waals surface area contributed by atoms with Crippen LogP contribution in [0.25, 0.3) is 11.0 Å². The molecule has 2 aromatic heterocycles. The molecular formula is C10H12N2O. The van der Waals surface area contributed by atoms with Crippen LogP contribution in [0, 0.1) is 0 Å². The van der Waals surface area contributed by atoms with E-state index in [0.717, 1.165) is 17.3 Å². The summed E-state index contributed by atoms with van der Waals surface area (Å²) in [6.45, 7) is 4.00. The van der Waals surface area contributed by atoms with E-state index in [9.17, 15) is 4.79 Å². The SMILES string of the molecule is CC.O=Cc1c[nH]c2ncccc12. The van der Waals surface area contributed by atoms with Gasteiger partial charge in [0.25, 0.3) is 0 Å². The van der Waals surface area contributed by atoms with Crippen molar-refractivity contribution < 1.29 is 4.79 Å². The Morgan fingerprint density at radius 3 is 2.92 bits per heavy atom. The summed E-state index contributed by atoms with van der Waals surface area (Å²) in [7, 11) is 0. The zero-order chi connectivity index (χ0) is 9.68. The Balaban J connectivity index is 0.000000396. The number of nitrogens with zero attached hydrogens (tertiary/aromatic N) is 1. The van der Waals surface area contributed by atoms with E-state index < -0.39 is 0 Å². The number of aromatic nitrogens is 2. The topological polar surface area (TPSA) is 45.8 Å². The van der Waals surface area contributed by atoms with Crippen LogP contribution in [0.3, 0.4) is 0 Å². The second-order valence-corrected chi connectivity index (χ2v) is 2.26. The van der Waals surface area contributed by atoms with E-state index in [1.807, 2.05) is 26.0 Å². The summed E-state index contributed by atoms with van der Waals surface area (Å²) >= 11 is 0. The second-order valence-electron chi connectivity index (χ2n) is 2.26. The summed E-state index contributed by atoms with van der Waals surface area (Å²) in [6, 6.07) is 3.67. The van der Waals surface area contributed by atoms with Gasteiger partial charge in [0.1, 0.15) is 5.65 Å². The van der Waals surface area contributed by atoms with Gasteiger partial charge < -0.3 is 4.98 Å². The number of hydrogen-bond donors (Lipinski definition) is 1. The Morgan fingerprint density at radius 1 is 1.46 bits per heavy atom. The molecule has 0 spiro atoms. The fraction of sp³-hybridized carbons (Fsp3) is 0.200. The molecule has 0 aromatic carbocycles. The highest BCUT2D eigenvalue weighted by molar-refractivity contribution is 5.95. The molecular weight excluding hydrogens is 164 g/mol. The highest BCUT2D eigenvalue weighted by atomic mass is 16.1. The van der Waals surface area contributed by atoms with Crippen LogP contribution >= 0.6 is 0 Å². The van der Waals surface area contributed by atoms with Gasteiger partial charge in [-0.2, -0.15) is 0 Å². The maximum atomic E-state index is 10.4. The first-order valence-electron chi connectivity index (χ1n) is 4.29. The molecule has 0 aliphatic carbocycles. The predicted octanol–water partition coefficient (Wildman–Crippen LogP) is 2.40. The Morgan fingerprint density at radius 2 is 2.23 bits per heavy atom. The molecule has 3 nitrogen and oxygen atoms in total. The molecule has 13 heavy (non-hydrogen) atoms. The Labute approximate surface area is 76.8 Å². The molecule has 0 bridgehead atoms. The smallest absolute Gasteiger partial charge is 0.152 e. The van der Waals surface area contributed by atoms with Crippen molar-refractivity contribution in [2.45, 2.75) is 13.8 Å². The van der Waals surface area contributed by atoms with E-state index in [0.29, 0.717) is 5.56 Å². The molecule has 68 valence electrons. The molecule has 0 atom stereocenters. The largest absolute Gasteiger partial charge is 0.345 e. The van der Waals surface area contributed by atoms with Crippen LogP contribution in [0.2, 0.25) is 0 Å². The van der Waals surface area contributed by atoms with Gasteiger partial charge in [-0.25, -0.2) is 4.98 Å². The molecule has 3 heteroatoms. The molecule has 2 aromatic rings. The standard InChI is InChI=1S/C8H6N2O.C2H6/c11-5-6-4-10-8-7(6)2-1-3-9-8;1-2/h1-5H,(H,9,10);1-2H3. The highest BCUT2D eigenvalue weighted by Crippen LogP contribution is 2.12. The third kappa shape index (κ3) is 1.75. The fourth-order valence-electron chi connectivity index (χ4n) is 1.07. The molecule has 0 unspecified atom stereocenters. The number of aromatic amines is 1. The van der Waals surface area contributed by atoms with Crippen LogP contribution in [0.1, 0.15) is 24.2 Å². The summed E-state index contributed by atoms with van der Waals surface area (Å²) in [5.41, 5.74) is 1.42. The van der Waals surface area contributed by atoms with Crippen LogP contribution in [-0.2, 0) is 0 Å². The van der Waals surface area contributed by atoms with Crippen LogP contribution < -0.4 is 0 Å². The summed E-state index contributed by atoms with van der Waals surface area (Å²) in [5.74, 6) is 0. The number of carbonyl (C=O) groups excluding carboxylic acids is 1. The van der Waals surface area contributed by atoms with Gasteiger partial charge in [0.15, 0.2) is 6.29 Å². The van der Waals surface area contributed by atoms with Crippen molar-refractivity contribution in [3.05, 3.63) is 30.1 Å². The van der Waals surface area contributed by atoms with Gasteiger partial charge in [-0.3, -0.25) is 4.79 Å². The van der Waals surface area contributed by atoms with Crippen LogP contribution in [-0.4, -0.2) is 16.3 Å². The first kappa shape index (κ1) is 9.45. The summed E-state index contributed by atoms with van der Waals surface area (Å²) < 4.78 is 0. The Bertz CT molecular complexity index is 392. The minimum Gasteiger partial charge on any atom is -0.345 e. The molecule has 2 rings (SSSR count). The number of rotatable bonds is 1. The average Bonchev–Trinajstić information content (AvgIpc) is 2.64. The Kier molecular flexibility index (Phi) is 3.20. The summed E-state index contributed by atoms with van der Waals surface area (Å²) in [4.78, 5) is 17.4. The van der Waals surface area contributed by atoms with Crippen molar-refractivity contribution in [2.75, 3.05) is 0 Å². The molecule has 2 heterocycles. The van der Waals surface area contributed by atoms with Gasteiger partial charge in [-0.15, -0.1) is 0 Å². The molecule has 1 N–H and O–H groups in total. The zero-order valence-electron chi connectivity index (χ0n) is 7.74. The fourth-order valence-corrected chi connectivity index (χ4v) is 1.07. The first-order chi connectivity index (χ1) is 6.42. The van der Waals surface area contributed by atoms with E-state index in [2.05, 4.69) is 9.97 Å². The number of pyridine rings is 1. The maximum absolute atomic E-state index is 10.4. The van der Waals surface area contributed by atoms with Gasteiger partial charge in [0, 0.05) is 23.3 Å². The first-order valence-corrected chi connectivity index (χ1v) is 4.29. The third-order valence-corrected chi connectivity index (χ3v) is 1.61. The normalized spacial score (nSPS) is 9.08. The number of H-pyrrole nitrogens is 1. The van der Waals surface area contributed by atoms with Gasteiger partial charge in [0.05, 0.1) is 0 Å². The average molecular weight is 176 g/mol. The van der Waals surface area contributed by atoms with Crippen molar-refractivity contribution >= 4 is 17.3 Å². The highest BCUT2D eigenvalue weighted by Gasteiger charge is 2.00. The van der Waals surface area contributed by atoms with Crippen LogP contribution in [0.5, 0.6) is 0 Å². The number of fused-ring (bicyclic) bond motifs is 1. The van der Waals surface area contributed by atoms with E-state index in [-0.39, 0.29) is 0 Å². The lowest BCUT2D eigenvalue weighted by molar-refractivity contribution is 0.112. The Hall–Kier alpha value is -1.64. The molecule has 0 aliphatic rings. The number of nitrogens with one attached hydrogen (secondary N) is 1. The lowest BCUT2D eigenvalue weighted by Gasteiger charge is -1.85. The molecule has 0 aliphatic heterocycles. The predicted molar refractivity (Wildman–Crippen MR) is 52.8 cm³/mol. The van der Waals surface area contributed by atoms with E-state index >= 15 is 0 Å². The molecule has 0 radical (unpaired) electrons. The van der Waals surface area contributed by atoms with Gasteiger partial charge >= 0.3 is 0 Å². The minimum absolute atomic E-state index is 0.660. The van der Waals surface area contributed by atoms with Crippen LogP contribution in [0.15, 0.2) is 24.5 Å². The second kappa shape index (κ2) is 4.40. The summed E-state index contributed by atoms with van der Waals surface area (Å²) in [6.07, 6.45) is 4.17. The van der Waals surface area contributed by atoms with E-state index in [4.69, 9.17) is 0 Å². The quantitative estimate of drug-likeness (QED) is 0.678. The van der Waals surface area contributed by atoms with Crippen LogP contribution in [0.4, 0.5) is 0 Å². The molecule has 0 saturated heterocycles. The number of carbonyl (C=O) groups is 1. The lowest BCUT2D eigenvalue weighted by atomic mass is 10.2. The minimum atomic E-state index is 0.660. The van der Waals surface area contributed by atoms with Gasteiger partial charge in [-0.1, -0.05) is 13.8 Å². The van der Waals surface area contributed by atoms with Crippen molar-refractivity contribution in [3.8, 4) is 0 Å². The monoisotopic (exact) mass is 176 g/mol. The lowest BCUT2D eigenvalue weighted by Crippen LogP contribution is -1.75. The number of hydrogen-bond acceptors (Lipinski definition) is 2. The van der Waals surface area contributed by atoms with Gasteiger partial charge in [0.2, 0.25) is 0 Å². The van der Waals surface area contributed by atoms with Gasteiger partial charge in [-0.05, 0) is 12.1 Å². The zero-order valence-corrected chi connectivity index (χ0v) is 7.74. The third-order valence-electron chi connectivity index (χ3n) is 1.61. The molecule has 0 fully saturated rings. The van der Waals surface area contributed by atoms with Crippen molar-refractivity contribution in [3.63, 3.8) is 0 Å². The van der Waals surface area contributed by atoms with E-state index in [1.165, 1.54) is 0 Å². The van der Waals surface area contributed by atoms with Crippen molar-refractivity contribution in [1.82, 2.24) is 9.97 Å². The maximum Gasteiger partial charge on any atom is 0.152 e. The van der Waals surface area contributed by atoms with Crippen molar-refractivity contribution in [2.24, 2.45) is 0 Å². The van der Waals surface area contributed by atoms with Crippen molar-refractivity contribution in [1.29, 1.82) is 0 Å². The molecule has 0 amide bonds. The number of aldehydes is 1.